The lowest BCUT2D eigenvalue weighted by Gasteiger charge is -2.26. The maximum Gasteiger partial charge on any atom is 0.335 e. The molecule has 0 atom stereocenters. The fourth-order valence-electron chi connectivity index (χ4n) is 3.77. The van der Waals surface area contributed by atoms with Gasteiger partial charge in [0, 0.05) is 0 Å². The lowest BCUT2D eigenvalue weighted by molar-refractivity contribution is -0.122. The van der Waals surface area contributed by atoms with E-state index in [-0.39, 0.29) is 17.7 Å². The zero-order valence-electron chi connectivity index (χ0n) is 20.4. The molecular weight excluding hydrogens is 476 g/mol. The second-order valence-corrected chi connectivity index (χ2v) is 8.43. The molecule has 0 bridgehead atoms. The van der Waals surface area contributed by atoms with Gasteiger partial charge in [-0.2, -0.15) is 0 Å². The van der Waals surface area contributed by atoms with Crippen LogP contribution in [0.1, 0.15) is 32.6 Å². The van der Waals surface area contributed by atoms with Crippen LogP contribution in [-0.4, -0.2) is 36.0 Å². The molecule has 0 radical (unpaired) electrons. The maximum atomic E-state index is 13.2. The number of hydrogen-bond donors (Lipinski definition) is 2. The Bertz CT molecular complexity index is 1460. The maximum absolute atomic E-state index is 13.2. The molecule has 1 saturated heterocycles. The van der Waals surface area contributed by atoms with E-state index in [9.17, 15) is 19.2 Å². The number of amides is 4. The van der Waals surface area contributed by atoms with Gasteiger partial charge >= 0.3 is 12.0 Å². The van der Waals surface area contributed by atoms with Crippen molar-refractivity contribution in [2.75, 3.05) is 12.0 Å². The zero-order valence-corrected chi connectivity index (χ0v) is 20.4. The predicted octanol–water partition coefficient (Wildman–Crippen LogP) is 4.26. The van der Waals surface area contributed by atoms with Crippen LogP contribution in [-0.2, 0) is 16.2 Å². The minimum atomic E-state index is -1.03. The van der Waals surface area contributed by atoms with Gasteiger partial charge in [0.05, 0.1) is 18.4 Å². The molecule has 3 aromatic rings. The summed E-state index contributed by atoms with van der Waals surface area (Å²) in [6, 6.07) is 15.6. The van der Waals surface area contributed by atoms with Crippen LogP contribution in [0, 0.1) is 13.8 Å². The number of carboxylic acids is 1. The van der Waals surface area contributed by atoms with E-state index in [4.69, 9.17) is 14.6 Å². The molecule has 4 amide bonds. The Balaban J connectivity index is 1.58. The van der Waals surface area contributed by atoms with Crippen LogP contribution in [0.25, 0.3) is 6.08 Å². The normalized spacial score (nSPS) is 14.5. The number of aryl methyl sites for hydroxylation is 2. The molecule has 1 aliphatic heterocycles. The Hall–Kier alpha value is -4.92. The summed E-state index contributed by atoms with van der Waals surface area (Å²) in [5, 5.41) is 11.4. The number of imide groups is 2. The van der Waals surface area contributed by atoms with Crippen molar-refractivity contribution in [3.63, 3.8) is 0 Å². The van der Waals surface area contributed by atoms with E-state index in [1.54, 1.807) is 48.5 Å². The highest BCUT2D eigenvalue weighted by atomic mass is 16.5. The number of carbonyl (C=O) groups excluding carboxylic acids is 3. The molecule has 4 rings (SSSR count). The predicted molar refractivity (Wildman–Crippen MR) is 136 cm³/mol. The highest BCUT2D eigenvalue weighted by Gasteiger charge is 2.37. The molecule has 0 aliphatic carbocycles. The molecule has 0 saturated carbocycles. The molecule has 1 fully saturated rings. The number of barbiturate groups is 1. The van der Waals surface area contributed by atoms with Gasteiger partial charge in [-0.05, 0) is 78.6 Å². The number of benzene rings is 3. The van der Waals surface area contributed by atoms with Gasteiger partial charge in [0.25, 0.3) is 11.8 Å². The fraction of sp³-hybridized carbons (Fsp3) is 0.143. The number of carboxylic acid groups (broad SMARTS) is 1. The number of methoxy groups -OCH3 is 1. The molecule has 3 aromatic carbocycles. The first kappa shape index (κ1) is 25.2. The Morgan fingerprint density at radius 3 is 2.46 bits per heavy atom. The van der Waals surface area contributed by atoms with Gasteiger partial charge < -0.3 is 14.6 Å². The first-order valence-electron chi connectivity index (χ1n) is 11.3. The molecule has 188 valence electrons. The van der Waals surface area contributed by atoms with Gasteiger partial charge in [-0.3, -0.25) is 14.9 Å². The van der Waals surface area contributed by atoms with Crippen molar-refractivity contribution in [3.05, 3.63) is 94.1 Å². The Labute approximate surface area is 212 Å². The highest BCUT2D eigenvalue weighted by Crippen LogP contribution is 2.31. The van der Waals surface area contributed by atoms with Crippen molar-refractivity contribution < 1.29 is 33.8 Å². The molecule has 0 spiro atoms. The van der Waals surface area contributed by atoms with Gasteiger partial charge in [0.15, 0.2) is 11.5 Å². The van der Waals surface area contributed by atoms with Crippen LogP contribution >= 0.6 is 0 Å². The van der Waals surface area contributed by atoms with E-state index in [2.05, 4.69) is 5.32 Å². The summed E-state index contributed by atoms with van der Waals surface area (Å²) < 4.78 is 11.2. The first-order chi connectivity index (χ1) is 17.7. The number of carbonyl (C=O) groups is 4. The van der Waals surface area contributed by atoms with Gasteiger partial charge in [-0.1, -0.05) is 24.3 Å². The van der Waals surface area contributed by atoms with Crippen LogP contribution in [0.2, 0.25) is 0 Å². The van der Waals surface area contributed by atoms with Crippen molar-refractivity contribution in [3.8, 4) is 11.5 Å². The van der Waals surface area contributed by atoms with E-state index in [1.807, 2.05) is 13.8 Å². The molecule has 9 heteroatoms. The number of rotatable bonds is 7. The number of ether oxygens (including phenoxy) is 2. The SMILES string of the molecule is COc1cc(/C=C2\C(=O)NC(=O)N(c3ccc(C)c(C)c3)C2=O)ccc1OCc1cccc(C(=O)O)c1. The molecule has 0 unspecified atom stereocenters. The fourth-order valence-corrected chi connectivity index (χ4v) is 3.77. The van der Waals surface area contributed by atoms with Crippen LogP contribution in [0.15, 0.2) is 66.2 Å². The highest BCUT2D eigenvalue weighted by molar-refractivity contribution is 6.39. The van der Waals surface area contributed by atoms with E-state index in [1.165, 1.54) is 25.3 Å². The smallest absolute Gasteiger partial charge is 0.335 e. The van der Waals surface area contributed by atoms with E-state index in [0.29, 0.717) is 28.3 Å². The summed E-state index contributed by atoms with van der Waals surface area (Å²) >= 11 is 0. The van der Waals surface area contributed by atoms with Gasteiger partial charge in [-0.25, -0.2) is 14.5 Å². The molecule has 9 nitrogen and oxygen atoms in total. The van der Waals surface area contributed by atoms with Gasteiger partial charge in [0.2, 0.25) is 0 Å². The lowest BCUT2D eigenvalue weighted by Crippen LogP contribution is -2.54. The number of hydrogen-bond acceptors (Lipinski definition) is 6. The molecule has 2 N–H and O–H groups in total. The summed E-state index contributed by atoms with van der Waals surface area (Å²) in [5.41, 5.74) is 3.34. The van der Waals surface area contributed by atoms with Gasteiger partial charge in [-0.15, -0.1) is 0 Å². The summed E-state index contributed by atoms with van der Waals surface area (Å²) in [6.45, 7) is 3.89. The second kappa shape index (κ2) is 10.4. The molecular formula is C28H24N2O7. The largest absolute Gasteiger partial charge is 0.493 e. The molecule has 37 heavy (non-hydrogen) atoms. The topological polar surface area (TPSA) is 122 Å². The zero-order chi connectivity index (χ0) is 26.7. The summed E-state index contributed by atoms with van der Waals surface area (Å²) in [7, 11) is 1.45. The van der Waals surface area contributed by atoms with E-state index < -0.39 is 23.8 Å². The van der Waals surface area contributed by atoms with Crippen molar-refractivity contribution in [1.82, 2.24) is 5.32 Å². The second-order valence-electron chi connectivity index (χ2n) is 8.43. The molecule has 1 aliphatic rings. The number of anilines is 1. The van der Waals surface area contributed by atoms with Crippen molar-refractivity contribution in [1.29, 1.82) is 0 Å². The lowest BCUT2D eigenvalue weighted by atomic mass is 10.0. The Morgan fingerprint density at radius 1 is 0.973 bits per heavy atom. The average molecular weight is 501 g/mol. The summed E-state index contributed by atoms with van der Waals surface area (Å²) in [6.07, 6.45) is 1.38. The van der Waals surface area contributed by atoms with Crippen LogP contribution in [0.4, 0.5) is 10.5 Å². The average Bonchev–Trinajstić information content (AvgIpc) is 2.87. The third-order valence-corrected chi connectivity index (χ3v) is 5.92. The van der Waals surface area contributed by atoms with Gasteiger partial charge in [0.1, 0.15) is 12.2 Å². The van der Waals surface area contributed by atoms with Crippen molar-refractivity contribution >= 4 is 35.6 Å². The van der Waals surface area contributed by atoms with Crippen LogP contribution in [0.3, 0.4) is 0 Å². The summed E-state index contributed by atoms with van der Waals surface area (Å²) in [5.74, 6) is -1.84. The van der Waals surface area contributed by atoms with Crippen molar-refractivity contribution in [2.24, 2.45) is 0 Å². The minimum absolute atomic E-state index is 0.103. The molecule has 0 aromatic heterocycles. The van der Waals surface area contributed by atoms with Crippen LogP contribution < -0.4 is 19.7 Å². The number of nitrogens with zero attached hydrogens (tertiary/aromatic N) is 1. The monoisotopic (exact) mass is 500 g/mol. The third kappa shape index (κ3) is 5.35. The Morgan fingerprint density at radius 2 is 1.76 bits per heavy atom. The molecule has 1 heterocycles. The van der Waals surface area contributed by atoms with E-state index >= 15 is 0 Å². The van der Waals surface area contributed by atoms with E-state index in [0.717, 1.165) is 16.0 Å². The Kier molecular flexibility index (Phi) is 7.06. The number of nitrogens with one attached hydrogen (secondary N) is 1. The third-order valence-electron chi connectivity index (χ3n) is 5.92. The first-order valence-corrected chi connectivity index (χ1v) is 11.3. The number of aromatic carboxylic acids is 1. The van der Waals surface area contributed by atoms with Crippen molar-refractivity contribution in [2.45, 2.75) is 20.5 Å². The van der Waals surface area contributed by atoms with Crippen LogP contribution in [0.5, 0.6) is 11.5 Å². The minimum Gasteiger partial charge on any atom is -0.493 e. The quantitative estimate of drug-likeness (QED) is 0.367. The standard InChI is InChI=1S/C28H24N2O7/c1-16-7-9-21(11-17(16)2)30-26(32)22(25(31)29-28(30)35)13-18-8-10-23(24(14-18)36-3)37-15-19-5-4-6-20(12-19)27(33)34/h4-14H,15H2,1-3H3,(H,33,34)(H,29,31,35)/b22-13+. The number of urea groups is 1. The summed E-state index contributed by atoms with van der Waals surface area (Å²) in [4.78, 5) is 50.3.